The first-order valence-corrected chi connectivity index (χ1v) is 6.55. The Hall–Kier alpha value is -2.28. The molecule has 0 fully saturated rings. The molecule has 7 heteroatoms. The molecule has 104 valence electrons. The molecule has 0 saturated heterocycles. The van der Waals surface area contributed by atoms with Crippen LogP contribution in [-0.2, 0) is 13.0 Å². The molecule has 2 aromatic heterocycles. The second kappa shape index (κ2) is 5.01. The number of rotatable bonds is 4. The van der Waals surface area contributed by atoms with Gasteiger partial charge in [0, 0.05) is 37.1 Å². The summed E-state index contributed by atoms with van der Waals surface area (Å²) < 4.78 is 2.03. The third-order valence-corrected chi connectivity index (χ3v) is 3.52. The number of anilines is 1. The van der Waals surface area contributed by atoms with Gasteiger partial charge in [0.15, 0.2) is 0 Å². The predicted molar refractivity (Wildman–Crippen MR) is 76.1 cm³/mol. The van der Waals surface area contributed by atoms with Gasteiger partial charge < -0.3 is 16.0 Å². The van der Waals surface area contributed by atoms with E-state index >= 15 is 0 Å². The van der Waals surface area contributed by atoms with Gasteiger partial charge in [0.2, 0.25) is 0 Å². The van der Waals surface area contributed by atoms with Crippen molar-refractivity contribution < 1.29 is 0 Å². The molecule has 7 nitrogen and oxygen atoms in total. The molecule has 3 heterocycles. The summed E-state index contributed by atoms with van der Waals surface area (Å²) in [5.41, 5.74) is 13.3. The summed E-state index contributed by atoms with van der Waals surface area (Å²) in [7, 11) is 0. The van der Waals surface area contributed by atoms with Crippen LogP contribution in [0.4, 0.5) is 5.82 Å². The van der Waals surface area contributed by atoms with Crippen molar-refractivity contribution in [3.8, 4) is 0 Å². The quantitative estimate of drug-likeness (QED) is 0.835. The zero-order valence-electron chi connectivity index (χ0n) is 11.1. The van der Waals surface area contributed by atoms with Crippen molar-refractivity contribution in [3.63, 3.8) is 0 Å². The van der Waals surface area contributed by atoms with Gasteiger partial charge in [-0.2, -0.15) is 0 Å². The second-order valence-electron chi connectivity index (χ2n) is 5.07. The van der Waals surface area contributed by atoms with E-state index in [0.717, 1.165) is 30.6 Å². The highest BCUT2D eigenvalue weighted by Gasteiger charge is 2.29. The van der Waals surface area contributed by atoms with Gasteiger partial charge in [0.1, 0.15) is 17.8 Å². The van der Waals surface area contributed by atoms with Gasteiger partial charge in [-0.3, -0.25) is 4.99 Å². The molecule has 0 saturated carbocycles. The van der Waals surface area contributed by atoms with Gasteiger partial charge in [0.25, 0.3) is 0 Å². The molecule has 0 aliphatic carbocycles. The van der Waals surface area contributed by atoms with Crippen LogP contribution in [0.3, 0.4) is 0 Å². The van der Waals surface area contributed by atoms with Crippen LogP contribution in [0.15, 0.2) is 30.0 Å². The highest BCUT2D eigenvalue weighted by Crippen LogP contribution is 2.26. The number of aromatic nitrogens is 4. The normalized spacial score (nSPS) is 20.9. The van der Waals surface area contributed by atoms with E-state index in [0.29, 0.717) is 12.2 Å². The number of imidazole rings is 1. The molecular weight excluding hydrogens is 254 g/mol. The Bertz CT molecular complexity index is 620. The largest absolute Gasteiger partial charge is 0.383 e. The van der Waals surface area contributed by atoms with Crippen LogP contribution >= 0.6 is 0 Å². The lowest BCUT2D eigenvalue weighted by Gasteiger charge is -2.29. The molecule has 3 rings (SSSR count). The highest BCUT2D eigenvalue weighted by molar-refractivity contribution is 5.82. The fourth-order valence-corrected chi connectivity index (χ4v) is 2.41. The van der Waals surface area contributed by atoms with Crippen molar-refractivity contribution >= 4 is 12.0 Å². The third-order valence-electron chi connectivity index (χ3n) is 3.52. The number of aliphatic imine (C=N–C) groups is 1. The van der Waals surface area contributed by atoms with Crippen molar-refractivity contribution in [2.75, 3.05) is 5.73 Å². The molecule has 0 radical (unpaired) electrons. The second-order valence-corrected chi connectivity index (χ2v) is 5.07. The Kier molecular flexibility index (Phi) is 3.19. The number of hydrogen-bond acceptors (Lipinski definition) is 6. The van der Waals surface area contributed by atoms with Crippen molar-refractivity contribution in [3.05, 3.63) is 36.3 Å². The SMILES string of the molecule is Nc1ncnc2c1CC(N)(CCCn1ccnc1)N=C2. The monoisotopic (exact) mass is 271 g/mol. The first kappa shape index (κ1) is 12.7. The number of aryl methyl sites for hydroxylation is 1. The van der Waals surface area contributed by atoms with Crippen LogP contribution in [0.5, 0.6) is 0 Å². The maximum absolute atomic E-state index is 6.35. The van der Waals surface area contributed by atoms with E-state index in [2.05, 4.69) is 19.9 Å². The van der Waals surface area contributed by atoms with Crippen molar-refractivity contribution in [2.24, 2.45) is 10.7 Å². The van der Waals surface area contributed by atoms with Gasteiger partial charge in [-0.25, -0.2) is 15.0 Å². The van der Waals surface area contributed by atoms with Crippen molar-refractivity contribution in [1.82, 2.24) is 19.5 Å². The van der Waals surface area contributed by atoms with E-state index in [9.17, 15) is 0 Å². The first-order chi connectivity index (χ1) is 9.66. The van der Waals surface area contributed by atoms with E-state index in [1.165, 1.54) is 6.33 Å². The predicted octanol–water partition coefficient (Wildman–Crippen LogP) is 0.366. The minimum atomic E-state index is -0.619. The smallest absolute Gasteiger partial charge is 0.130 e. The van der Waals surface area contributed by atoms with Gasteiger partial charge in [-0.1, -0.05) is 0 Å². The molecule has 4 N–H and O–H groups in total. The summed E-state index contributed by atoms with van der Waals surface area (Å²) in [5.74, 6) is 0.491. The molecule has 20 heavy (non-hydrogen) atoms. The molecule has 1 aliphatic heterocycles. The molecule has 2 aromatic rings. The Morgan fingerprint density at radius 3 is 3.05 bits per heavy atom. The first-order valence-electron chi connectivity index (χ1n) is 6.55. The fraction of sp³-hybridized carbons (Fsp3) is 0.385. The van der Waals surface area contributed by atoms with Gasteiger partial charge in [-0.15, -0.1) is 0 Å². The Labute approximate surface area is 116 Å². The number of hydrogen-bond donors (Lipinski definition) is 2. The lowest BCUT2D eigenvalue weighted by molar-refractivity contribution is 0.380. The summed E-state index contributed by atoms with van der Waals surface area (Å²) in [6, 6.07) is 0. The molecule has 1 aliphatic rings. The number of nitrogen functional groups attached to an aromatic ring is 1. The van der Waals surface area contributed by atoms with E-state index in [4.69, 9.17) is 11.5 Å². The van der Waals surface area contributed by atoms with Crippen LogP contribution in [-0.4, -0.2) is 31.4 Å². The summed E-state index contributed by atoms with van der Waals surface area (Å²) in [6.07, 6.45) is 10.9. The van der Waals surface area contributed by atoms with Gasteiger partial charge in [-0.05, 0) is 12.8 Å². The lowest BCUT2D eigenvalue weighted by atomic mass is 9.93. The number of fused-ring (bicyclic) bond motifs is 1. The maximum Gasteiger partial charge on any atom is 0.130 e. The Morgan fingerprint density at radius 1 is 1.35 bits per heavy atom. The molecule has 0 aromatic carbocycles. The molecule has 1 unspecified atom stereocenters. The van der Waals surface area contributed by atoms with E-state index in [-0.39, 0.29) is 0 Å². The van der Waals surface area contributed by atoms with Crippen molar-refractivity contribution in [2.45, 2.75) is 31.5 Å². The van der Waals surface area contributed by atoms with E-state index < -0.39 is 5.66 Å². The third kappa shape index (κ3) is 2.53. The summed E-state index contributed by atoms with van der Waals surface area (Å²) in [5, 5.41) is 0. The average Bonchev–Trinajstić information content (AvgIpc) is 2.93. The minimum Gasteiger partial charge on any atom is -0.383 e. The average molecular weight is 271 g/mol. The number of nitrogens with zero attached hydrogens (tertiary/aromatic N) is 5. The van der Waals surface area contributed by atoms with Crippen molar-refractivity contribution in [1.29, 1.82) is 0 Å². The standard InChI is InChI=1S/C13H17N7/c14-12-10-6-13(15,19-7-11(10)17-8-18-12)2-1-4-20-5-3-16-9-20/h3,5,7-9H,1-2,4,6,15H2,(H2,14,17,18). The summed E-state index contributed by atoms with van der Waals surface area (Å²) in [6.45, 7) is 0.877. The summed E-state index contributed by atoms with van der Waals surface area (Å²) in [4.78, 5) is 16.6. The van der Waals surface area contributed by atoms with Gasteiger partial charge >= 0.3 is 0 Å². The maximum atomic E-state index is 6.35. The highest BCUT2D eigenvalue weighted by atomic mass is 15.1. The van der Waals surface area contributed by atoms with Crippen LogP contribution in [0.25, 0.3) is 0 Å². The zero-order valence-corrected chi connectivity index (χ0v) is 11.1. The minimum absolute atomic E-state index is 0.491. The lowest BCUT2D eigenvalue weighted by Crippen LogP contribution is -2.43. The molecule has 1 atom stereocenters. The summed E-state index contributed by atoms with van der Waals surface area (Å²) >= 11 is 0. The topological polar surface area (TPSA) is 108 Å². The Morgan fingerprint density at radius 2 is 2.25 bits per heavy atom. The molecular formula is C13H17N7. The van der Waals surface area contributed by atoms with Crippen LogP contribution in [0, 0.1) is 0 Å². The number of nitrogens with two attached hydrogens (primary N) is 2. The van der Waals surface area contributed by atoms with E-state index in [1.807, 2.05) is 10.8 Å². The Balaban J connectivity index is 1.67. The van der Waals surface area contributed by atoms with Crippen LogP contribution < -0.4 is 11.5 Å². The van der Waals surface area contributed by atoms with Gasteiger partial charge in [0.05, 0.1) is 12.0 Å². The zero-order chi connectivity index (χ0) is 14.0. The van der Waals surface area contributed by atoms with E-state index in [1.54, 1.807) is 18.7 Å². The molecule has 0 amide bonds. The molecule has 0 bridgehead atoms. The fourth-order valence-electron chi connectivity index (χ4n) is 2.41. The van der Waals surface area contributed by atoms with Crippen LogP contribution in [0.1, 0.15) is 24.1 Å². The van der Waals surface area contributed by atoms with Crippen LogP contribution in [0.2, 0.25) is 0 Å². The molecule has 0 spiro atoms.